The van der Waals surface area contributed by atoms with Crippen molar-refractivity contribution in [1.82, 2.24) is 19.5 Å². The van der Waals surface area contributed by atoms with Crippen molar-refractivity contribution in [3.8, 4) is 0 Å². The van der Waals surface area contributed by atoms with Crippen molar-refractivity contribution in [2.45, 2.75) is 43.5 Å². The van der Waals surface area contributed by atoms with Gasteiger partial charge in [-0.05, 0) is 12.8 Å². The largest absolute Gasteiger partial charge is 0.387 e. The van der Waals surface area contributed by atoms with Gasteiger partial charge in [-0.25, -0.2) is 15.0 Å². The first-order valence-corrected chi connectivity index (χ1v) is 7.21. The molecule has 0 spiro atoms. The number of fused-ring (bicyclic) bond motifs is 1. The maximum absolute atomic E-state index is 10.3. The SMILES string of the molecule is Nc1ncnc2c1ncn2[C@@H]1O[C@H](COC2CC2)[C@@H](O)[C@H]1O. The van der Waals surface area contributed by atoms with E-state index in [0.717, 1.165) is 12.8 Å². The van der Waals surface area contributed by atoms with Crippen molar-refractivity contribution in [2.75, 3.05) is 12.3 Å². The summed E-state index contributed by atoms with van der Waals surface area (Å²) in [6.07, 6.45) is 1.63. The van der Waals surface area contributed by atoms with Crippen molar-refractivity contribution in [3.63, 3.8) is 0 Å². The second-order valence-corrected chi connectivity index (χ2v) is 5.66. The van der Waals surface area contributed by atoms with Crippen molar-refractivity contribution < 1.29 is 19.7 Å². The van der Waals surface area contributed by atoms with Gasteiger partial charge in [0.15, 0.2) is 17.7 Å². The minimum absolute atomic E-state index is 0.253. The monoisotopic (exact) mass is 307 g/mol. The maximum atomic E-state index is 10.3. The molecule has 9 heteroatoms. The summed E-state index contributed by atoms with van der Waals surface area (Å²) < 4.78 is 12.9. The number of hydrogen-bond donors (Lipinski definition) is 3. The molecule has 3 heterocycles. The molecule has 0 unspecified atom stereocenters. The normalized spacial score (nSPS) is 31.9. The Bertz CT molecular complexity index is 688. The Morgan fingerprint density at radius 3 is 2.86 bits per heavy atom. The number of hydrogen-bond acceptors (Lipinski definition) is 8. The van der Waals surface area contributed by atoms with E-state index in [1.54, 1.807) is 4.57 Å². The predicted octanol–water partition coefficient (Wildman–Crippen LogP) is -0.793. The minimum atomic E-state index is -1.10. The van der Waals surface area contributed by atoms with Crippen molar-refractivity contribution in [2.24, 2.45) is 0 Å². The van der Waals surface area contributed by atoms with Gasteiger partial charge in [-0.2, -0.15) is 0 Å². The van der Waals surface area contributed by atoms with Crippen LogP contribution in [-0.2, 0) is 9.47 Å². The summed E-state index contributed by atoms with van der Waals surface area (Å²) in [5.74, 6) is 0.255. The number of nitrogen functional groups attached to an aromatic ring is 1. The van der Waals surface area contributed by atoms with Crippen LogP contribution in [-0.4, -0.2) is 60.8 Å². The first-order chi connectivity index (χ1) is 10.6. The highest BCUT2D eigenvalue weighted by atomic mass is 16.6. The second kappa shape index (κ2) is 5.13. The number of nitrogens with two attached hydrogens (primary N) is 1. The van der Waals surface area contributed by atoms with Gasteiger partial charge in [0, 0.05) is 0 Å². The third kappa shape index (κ3) is 2.22. The van der Waals surface area contributed by atoms with Crippen molar-refractivity contribution >= 4 is 17.0 Å². The Morgan fingerprint density at radius 2 is 2.09 bits per heavy atom. The molecular formula is C13H17N5O4. The van der Waals surface area contributed by atoms with E-state index < -0.39 is 24.5 Å². The van der Waals surface area contributed by atoms with Crippen LogP contribution >= 0.6 is 0 Å². The number of aliphatic hydroxyl groups excluding tert-OH is 2. The highest BCUT2D eigenvalue weighted by molar-refractivity contribution is 5.81. The molecule has 0 bridgehead atoms. The molecular weight excluding hydrogens is 290 g/mol. The lowest BCUT2D eigenvalue weighted by molar-refractivity contribution is -0.0682. The number of rotatable bonds is 4. The smallest absolute Gasteiger partial charge is 0.167 e. The summed E-state index contributed by atoms with van der Waals surface area (Å²) in [5, 5.41) is 20.4. The molecule has 2 aliphatic rings. The van der Waals surface area contributed by atoms with Gasteiger partial charge in [-0.3, -0.25) is 4.57 Å². The van der Waals surface area contributed by atoms with Crippen LogP contribution in [0.5, 0.6) is 0 Å². The Morgan fingerprint density at radius 1 is 1.27 bits per heavy atom. The van der Waals surface area contributed by atoms with Gasteiger partial charge in [0.05, 0.1) is 19.0 Å². The molecule has 4 rings (SSSR count). The highest BCUT2D eigenvalue weighted by Crippen LogP contribution is 2.33. The zero-order chi connectivity index (χ0) is 15.3. The fourth-order valence-corrected chi connectivity index (χ4v) is 2.62. The van der Waals surface area contributed by atoms with E-state index in [2.05, 4.69) is 15.0 Å². The van der Waals surface area contributed by atoms with E-state index in [1.807, 2.05) is 0 Å². The molecule has 0 amide bonds. The Kier molecular flexibility index (Phi) is 3.22. The minimum Gasteiger partial charge on any atom is -0.387 e. The molecule has 4 atom stereocenters. The second-order valence-electron chi connectivity index (χ2n) is 5.66. The van der Waals surface area contributed by atoms with Gasteiger partial charge in [0.1, 0.15) is 30.2 Å². The number of aliphatic hydroxyl groups is 2. The van der Waals surface area contributed by atoms with Gasteiger partial charge in [-0.15, -0.1) is 0 Å². The first-order valence-electron chi connectivity index (χ1n) is 7.21. The predicted molar refractivity (Wildman–Crippen MR) is 74.6 cm³/mol. The summed E-state index contributed by atoms with van der Waals surface area (Å²) in [7, 11) is 0. The molecule has 4 N–H and O–H groups in total. The lowest BCUT2D eigenvalue weighted by atomic mass is 10.1. The van der Waals surface area contributed by atoms with Gasteiger partial charge in [0.25, 0.3) is 0 Å². The molecule has 2 aromatic heterocycles. The first kappa shape index (κ1) is 13.8. The number of nitrogens with zero attached hydrogens (tertiary/aromatic N) is 4. The molecule has 1 saturated carbocycles. The summed E-state index contributed by atoms with van der Waals surface area (Å²) in [5.41, 5.74) is 6.63. The van der Waals surface area contributed by atoms with Crippen LogP contribution in [0.4, 0.5) is 5.82 Å². The average Bonchev–Trinajstić information content (AvgIpc) is 3.18. The van der Waals surface area contributed by atoms with Crippen LogP contribution < -0.4 is 5.73 Å². The quantitative estimate of drug-likeness (QED) is 0.670. The van der Waals surface area contributed by atoms with Crippen LogP contribution in [0.2, 0.25) is 0 Å². The highest BCUT2D eigenvalue weighted by Gasteiger charge is 2.45. The van der Waals surface area contributed by atoms with Gasteiger partial charge < -0.3 is 25.4 Å². The molecule has 1 saturated heterocycles. The van der Waals surface area contributed by atoms with E-state index in [9.17, 15) is 10.2 Å². The van der Waals surface area contributed by atoms with E-state index in [4.69, 9.17) is 15.2 Å². The van der Waals surface area contributed by atoms with Crippen LogP contribution in [0.15, 0.2) is 12.7 Å². The number of aromatic nitrogens is 4. The van der Waals surface area contributed by atoms with E-state index in [0.29, 0.717) is 11.2 Å². The van der Waals surface area contributed by atoms with Crippen molar-refractivity contribution in [3.05, 3.63) is 12.7 Å². The van der Waals surface area contributed by atoms with Crippen molar-refractivity contribution in [1.29, 1.82) is 0 Å². The molecule has 0 radical (unpaired) electrons. The maximum Gasteiger partial charge on any atom is 0.167 e. The summed E-state index contributed by atoms with van der Waals surface area (Å²) in [6.45, 7) is 0.253. The Labute approximate surface area is 125 Å². The number of anilines is 1. The lowest BCUT2D eigenvalue weighted by Crippen LogP contribution is -2.34. The standard InChI is InChI=1S/C13H17N5O4/c14-11-8-12(16-4-15-11)18(5-17-8)13-10(20)9(19)7(22-13)3-21-6-1-2-6/h4-7,9-10,13,19-20H,1-3H2,(H2,14,15,16)/t7-,9-,10-,13-/m1/s1. The fourth-order valence-electron chi connectivity index (χ4n) is 2.62. The summed E-state index contributed by atoms with van der Waals surface area (Å²) in [4.78, 5) is 12.1. The van der Waals surface area contributed by atoms with E-state index in [1.165, 1.54) is 12.7 Å². The third-order valence-corrected chi connectivity index (χ3v) is 4.02. The molecule has 0 aromatic carbocycles. The van der Waals surface area contributed by atoms with Gasteiger partial charge in [-0.1, -0.05) is 0 Å². The Hall–Kier alpha value is -1.81. The lowest BCUT2D eigenvalue weighted by Gasteiger charge is -2.16. The third-order valence-electron chi connectivity index (χ3n) is 4.02. The van der Waals surface area contributed by atoms with E-state index >= 15 is 0 Å². The topological polar surface area (TPSA) is 129 Å². The molecule has 1 aliphatic heterocycles. The molecule has 118 valence electrons. The molecule has 2 aromatic rings. The van der Waals surface area contributed by atoms with Gasteiger partial charge >= 0.3 is 0 Å². The summed E-state index contributed by atoms with van der Waals surface area (Å²) >= 11 is 0. The molecule has 22 heavy (non-hydrogen) atoms. The molecule has 9 nitrogen and oxygen atoms in total. The zero-order valence-electron chi connectivity index (χ0n) is 11.7. The zero-order valence-corrected chi connectivity index (χ0v) is 11.7. The summed E-state index contributed by atoms with van der Waals surface area (Å²) in [6, 6.07) is 0. The van der Waals surface area contributed by atoms with E-state index in [-0.39, 0.29) is 18.5 Å². The molecule has 2 fully saturated rings. The van der Waals surface area contributed by atoms with Crippen LogP contribution in [0.1, 0.15) is 19.1 Å². The van der Waals surface area contributed by atoms with Crippen LogP contribution in [0.3, 0.4) is 0 Å². The van der Waals surface area contributed by atoms with Gasteiger partial charge in [0.2, 0.25) is 0 Å². The fraction of sp³-hybridized carbons (Fsp3) is 0.615. The number of imidazole rings is 1. The van der Waals surface area contributed by atoms with Crippen LogP contribution in [0, 0.1) is 0 Å². The number of ether oxygens (including phenoxy) is 2. The average molecular weight is 307 g/mol. The Balaban J connectivity index is 1.59. The van der Waals surface area contributed by atoms with Crippen LogP contribution in [0.25, 0.3) is 11.2 Å². The molecule has 1 aliphatic carbocycles.